The van der Waals surface area contributed by atoms with Crippen LogP contribution in [0.15, 0.2) is 24.4 Å². The second-order valence-corrected chi connectivity index (χ2v) is 5.21. The minimum atomic E-state index is 0.142. The lowest BCUT2D eigenvalue weighted by Gasteiger charge is -2.08. The summed E-state index contributed by atoms with van der Waals surface area (Å²) in [5, 5.41) is 2.55. The fourth-order valence-electron chi connectivity index (χ4n) is 1.84. The topological polar surface area (TPSA) is 25.8 Å². The Morgan fingerprint density at radius 2 is 1.72 bits per heavy atom. The SMILES string of the molecule is Clc1nc2c(c(Cl)cc3cccnc32)c(Cl)c1Cl. The molecule has 0 saturated carbocycles. The van der Waals surface area contributed by atoms with Crippen molar-refractivity contribution in [3.63, 3.8) is 0 Å². The third-order valence-electron chi connectivity index (χ3n) is 2.62. The highest BCUT2D eigenvalue weighted by Gasteiger charge is 2.16. The van der Waals surface area contributed by atoms with E-state index in [4.69, 9.17) is 46.4 Å². The first kappa shape index (κ1) is 12.2. The number of rotatable bonds is 0. The Balaban J connectivity index is 2.65. The molecule has 2 aromatic heterocycles. The van der Waals surface area contributed by atoms with Crippen LogP contribution in [0.3, 0.4) is 0 Å². The van der Waals surface area contributed by atoms with Crippen LogP contribution in [0, 0.1) is 0 Å². The van der Waals surface area contributed by atoms with Gasteiger partial charge in [-0.3, -0.25) is 4.98 Å². The van der Waals surface area contributed by atoms with Crippen LogP contribution in [-0.2, 0) is 0 Å². The zero-order chi connectivity index (χ0) is 12.9. The van der Waals surface area contributed by atoms with Crippen LogP contribution in [0.2, 0.25) is 20.2 Å². The van der Waals surface area contributed by atoms with E-state index in [0.717, 1.165) is 5.39 Å². The van der Waals surface area contributed by atoms with Gasteiger partial charge < -0.3 is 0 Å². The second kappa shape index (κ2) is 4.39. The van der Waals surface area contributed by atoms with Gasteiger partial charge in [-0.2, -0.15) is 0 Å². The molecule has 0 unspecified atom stereocenters. The molecule has 0 N–H and O–H groups in total. The van der Waals surface area contributed by atoms with E-state index >= 15 is 0 Å². The monoisotopic (exact) mass is 316 g/mol. The largest absolute Gasteiger partial charge is 0.254 e. The summed E-state index contributed by atoms with van der Waals surface area (Å²) < 4.78 is 0. The number of nitrogens with zero attached hydrogens (tertiary/aromatic N) is 2. The van der Waals surface area contributed by atoms with Crippen LogP contribution < -0.4 is 0 Å². The average Bonchev–Trinajstić information content (AvgIpc) is 2.35. The van der Waals surface area contributed by atoms with Gasteiger partial charge in [0.25, 0.3) is 0 Å². The van der Waals surface area contributed by atoms with E-state index in [0.29, 0.717) is 26.5 Å². The highest BCUT2D eigenvalue weighted by atomic mass is 35.5. The van der Waals surface area contributed by atoms with Crippen molar-refractivity contribution in [1.29, 1.82) is 0 Å². The number of hydrogen-bond acceptors (Lipinski definition) is 2. The Morgan fingerprint density at radius 3 is 2.50 bits per heavy atom. The smallest absolute Gasteiger partial charge is 0.149 e. The van der Waals surface area contributed by atoms with Gasteiger partial charge >= 0.3 is 0 Å². The highest BCUT2D eigenvalue weighted by molar-refractivity contribution is 6.52. The predicted octanol–water partition coefficient (Wildman–Crippen LogP) is 5.40. The van der Waals surface area contributed by atoms with Crippen molar-refractivity contribution in [3.05, 3.63) is 44.6 Å². The molecule has 0 aliphatic carbocycles. The molecule has 1 aromatic carbocycles. The predicted molar refractivity (Wildman–Crippen MR) is 77.1 cm³/mol. The maximum atomic E-state index is 6.21. The van der Waals surface area contributed by atoms with Crippen molar-refractivity contribution in [2.75, 3.05) is 0 Å². The Kier molecular flexibility index (Phi) is 2.99. The second-order valence-electron chi connectivity index (χ2n) is 3.69. The summed E-state index contributed by atoms with van der Waals surface area (Å²) in [5.41, 5.74) is 1.25. The van der Waals surface area contributed by atoms with Crippen LogP contribution in [-0.4, -0.2) is 9.97 Å². The molecule has 2 heterocycles. The lowest BCUT2D eigenvalue weighted by molar-refractivity contribution is 1.37. The summed E-state index contributed by atoms with van der Waals surface area (Å²) in [6.07, 6.45) is 1.67. The number of halogens is 4. The fourth-order valence-corrected chi connectivity index (χ4v) is 2.83. The van der Waals surface area contributed by atoms with Gasteiger partial charge in [-0.25, -0.2) is 4.98 Å². The Morgan fingerprint density at radius 1 is 0.944 bits per heavy atom. The molecule has 0 saturated heterocycles. The zero-order valence-corrected chi connectivity index (χ0v) is 11.7. The molecule has 3 aromatic rings. The van der Waals surface area contributed by atoms with Gasteiger partial charge in [-0.05, 0) is 12.1 Å². The summed E-state index contributed by atoms with van der Waals surface area (Å²) in [6, 6.07) is 5.50. The average molecular weight is 318 g/mol. The van der Waals surface area contributed by atoms with Gasteiger partial charge in [0, 0.05) is 17.0 Å². The van der Waals surface area contributed by atoms with Gasteiger partial charge in [0.05, 0.1) is 20.6 Å². The summed E-state index contributed by atoms with van der Waals surface area (Å²) >= 11 is 24.3. The van der Waals surface area contributed by atoms with E-state index in [1.807, 2.05) is 12.1 Å². The van der Waals surface area contributed by atoms with Crippen LogP contribution in [0.4, 0.5) is 0 Å². The van der Waals surface area contributed by atoms with E-state index in [-0.39, 0.29) is 10.2 Å². The summed E-state index contributed by atoms with van der Waals surface area (Å²) in [7, 11) is 0. The molecular weight excluding hydrogens is 314 g/mol. The third-order valence-corrected chi connectivity index (χ3v) is 4.14. The Bertz CT molecular complexity index is 786. The van der Waals surface area contributed by atoms with E-state index in [1.54, 1.807) is 12.3 Å². The number of pyridine rings is 2. The van der Waals surface area contributed by atoms with Crippen molar-refractivity contribution in [1.82, 2.24) is 9.97 Å². The molecule has 0 aliphatic heterocycles. The lowest BCUT2D eigenvalue weighted by Crippen LogP contribution is -1.89. The third kappa shape index (κ3) is 1.72. The molecule has 18 heavy (non-hydrogen) atoms. The van der Waals surface area contributed by atoms with Crippen molar-refractivity contribution in [3.8, 4) is 0 Å². The first-order valence-corrected chi connectivity index (χ1v) is 6.48. The maximum absolute atomic E-state index is 6.21. The van der Waals surface area contributed by atoms with E-state index in [2.05, 4.69) is 9.97 Å². The Labute approximate surface area is 122 Å². The van der Waals surface area contributed by atoms with Gasteiger partial charge in [-0.15, -0.1) is 0 Å². The van der Waals surface area contributed by atoms with Crippen LogP contribution in [0.25, 0.3) is 21.8 Å². The van der Waals surface area contributed by atoms with E-state index in [1.165, 1.54) is 0 Å². The first-order chi connectivity index (χ1) is 8.59. The van der Waals surface area contributed by atoms with Crippen molar-refractivity contribution < 1.29 is 0 Å². The summed E-state index contributed by atoms with van der Waals surface area (Å²) in [6.45, 7) is 0. The summed E-state index contributed by atoms with van der Waals surface area (Å²) in [4.78, 5) is 8.51. The number of benzene rings is 1. The van der Waals surface area contributed by atoms with Gasteiger partial charge in [0.2, 0.25) is 0 Å². The number of fused-ring (bicyclic) bond motifs is 3. The van der Waals surface area contributed by atoms with Crippen molar-refractivity contribution in [2.24, 2.45) is 0 Å². The molecule has 3 rings (SSSR count). The summed E-state index contributed by atoms with van der Waals surface area (Å²) in [5.74, 6) is 0. The minimum absolute atomic E-state index is 0.142. The molecule has 90 valence electrons. The van der Waals surface area contributed by atoms with Gasteiger partial charge in [0.15, 0.2) is 0 Å². The zero-order valence-electron chi connectivity index (χ0n) is 8.72. The quantitative estimate of drug-likeness (QED) is 0.410. The Hall–Kier alpha value is -0.800. The molecule has 0 amide bonds. The van der Waals surface area contributed by atoms with Crippen LogP contribution >= 0.6 is 46.4 Å². The molecule has 2 nitrogen and oxygen atoms in total. The molecule has 0 fully saturated rings. The number of aromatic nitrogens is 2. The molecule has 0 spiro atoms. The van der Waals surface area contributed by atoms with Crippen LogP contribution in [0.1, 0.15) is 0 Å². The van der Waals surface area contributed by atoms with Gasteiger partial charge in [-0.1, -0.05) is 52.5 Å². The van der Waals surface area contributed by atoms with E-state index < -0.39 is 0 Å². The number of hydrogen-bond donors (Lipinski definition) is 0. The van der Waals surface area contributed by atoms with Crippen molar-refractivity contribution >= 4 is 68.2 Å². The molecule has 0 atom stereocenters. The standard InChI is InChI=1S/C12H4Cl4N2/c13-6-4-5-2-1-3-17-10(5)11-7(6)8(14)9(15)12(16)18-11/h1-4H. The van der Waals surface area contributed by atoms with Gasteiger partial charge in [0.1, 0.15) is 10.7 Å². The molecule has 0 radical (unpaired) electrons. The normalized spacial score (nSPS) is 11.3. The minimum Gasteiger partial charge on any atom is -0.254 e. The highest BCUT2D eigenvalue weighted by Crippen LogP contribution is 2.40. The molecule has 0 aliphatic rings. The fraction of sp³-hybridized carbons (Fsp3) is 0. The molecule has 0 bridgehead atoms. The lowest BCUT2D eigenvalue weighted by atomic mass is 10.1. The van der Waals surface area contributed by atoms with Crippen LogP contribution in [0.5, 0.6) is 0 Å². The van der Waals surface area contributed by atoms with E-state index in [9.17, 15) is 0 Å². The molecule has 6 heteroatoms. The first-order valence-electron chi connectivity index (χ1n) is 4.97. The van der Waals surface area contributed by atoms with Crippen molar-refractivity contribution in [2.45, 2.75) is 0 Å². The maximum Gasteiger partial charge on any atom is 0.149 e. The molecular formula is C12H4Cl4N2.